The molecule has 1 unspecified atom stereocenters. The van der Waals surface area contributed by atoms with Crippen molar-refractivity contribution in [3.8, 4) is 0 Å². The predicted octanol–water partition coefficient (Wildman–Crippen LogP) is 2.91. The summed E-state index contributed by atoms with van der Waals surface area (Å²) in [7, 11) is 0. The van der Waals surface area contributed by atoms with Gasteiger partial charge in [0.2, 0.25) is 0 Å². The highest BCUT2D eigenvalue weighted by atomic mass is 16.6. The third kappa shape index (κ3) is 5.13. The standard InChI is InChI=1S/C14H24N4O2/c1-4-17(5-2)11-7-8-12(3)16-13-9-6-10-15-14(13)18(19)20/h6,9-10,12,16H,4-5,7-8,11H2,1-3H3. The monoisotopic (exact) mass is 280 g/mol. The summed E-state index contributed by atoms with van der Waals surface area (Å²) in [4.78, 5) is 16.6. The highest BCUT2D eigenvalue weighted by Gasteiger charge is 2.15. The van der Waals surface area contributed by atoms with Gasteiger partial charge in [-0.05, 0) is 61.4 Å². The fourth-order valence-electron chi connectivity index (χ4n) is 2.15. The van der Waals surface area contributed by atoms with Crippen molar-refractivity contribution >= 4 is 11.5 Å². The van der Waals surface area contributed by atoms with Gasteiger partial charge in [-0.25, -0.2) is 0 Å². The van der Waals surface area contributed by atoms with Crippen LogP contribution in [0.15, 0.2) is 18.3 Å². The molecule has 20 heavy (non-hydrogen) atoms. The normalized spacial score (nSPS) is 12.4. The number of rotatable bonds is 9. The Balaban J connectivity index is 2.46. The molecule has 0 fully saturated rings. The molecule has 1 aromatic rings. The Hall–Kier alpha value is -1.69. The van der Waals surface area contributed by atoms with E-state index in [0.29, 0.717) is 5.69 Å². The minimum absolute atomic E-state index is 0.108. The molecule has 1 N–H and O–H groups in total. The number of nitrogens with zero attached hydrogens (tertiary/aromatic N) is 3. The number of pyridine rings is 1. The molecule has 112 valence electrons. The Morgan fingerprint density at radius 2 is 2.15 bits per heavy atom. The lowest BCUT2D eigenvalue weighted by atomic mass is 10.1. The molecule has 0 saturated carbocycles. The van der Waals surface area contributed by atoms with Gasteiger partial charge in [-0.2, -0.15) is 0 Å². The van der Waals surface area contributed by atoms with Crippen LogP contribution in [-0.4, -0.2) is 40.5 Å². The van der Waals surface area contributed by atoms with Gasteiger partial charge < -0.3 is 20.3 Å². The predicted molar refractivity (Wildman–Crippen MR) is 81.0 cm³/mol. The van der Waals surface area contributed by atoms with Crippen LogP contribution in [0.3, 0.4) is 0 Å². The second-order valence-corrected chi connectivity index (χ2v) is 4.85. The molecule has 0 bridgehead atoms. The summed E-state index contributed by atoms with van der Waals surface area (Å²) in [5.41, 5.74) is 0.493. The van der Waals surface area contributed by atoms with E-state index in [1.165, 1.54) is 6.20 Å². The molecule has 0 amide bonds. The molecule has 0 aliphatic carbocycles. The first kappa shape index (κ1) is 16.4. The zero-order valence-electron chi connectivity index (χ0n) is 12.5. The number of hydrogen-bond acceptors (Lipinski definition) is 5. The number of aromatic nitrogens is 1. The lowest BCUT2D eigenvalue weighted by Crippen LogP contribution is -2.25. The lowest BCUT2D eigenvalue weighted by molar-refractivity contribution is -0.388. The maximum atomic E-state index is 10.9. The van der Waals surface area contributed by atoms with Gasteiger partial charge in [0.05, 0.1) is 0 Å². The fourth-order valence-corrected chi connectivity index (χ4v) is 2.15. The van der Waals surface area contributed by atoms with Crippen molar-refractivity contribution in [3.63, 3.8) is 0 Å². The van der Waals surface area contributed by atoms with Gasteiger partial charge in [-0.1, -0.05) is 13.8 Å². The van der Waals surface area contributed by atoms with Crippen molar-refractivity contribution < 1.29 is 4.92 Å². The minimum Gasteiger partial charge on any atom is -0.376 e. The summed E-state index contributed by atoms with van der Waals surface area (Å²) in [6.07, 6.45) is 3.49. The molecule has 1 heterocycles. The quantitative estimate of drug-likeness (QED) is 0.556. The Kier molecular flexibility index (Phi) is 6.93. The fraction of sp³-hybridized carbons (Fsp3) is 0.643. The molecule has 0 radical (unpaired) electrons. The van der Waals surface area contributed by atoms with Gasteiger partial charge in [-0.3, -0.25) is 0 Å². The molecule has 0 spiro atoms. The third-order valence-electron chi connectivity index (χ3n) is 3.37. The van der Waals surface area contributed by atoms with Gasteiger partial charge in [0.1, 0.15) is 11.9 Å². The first-order chi connectivity index (χ1) is 9.58. The summed E-state index contributed by atoms with van der Waals surface area (Å²) < 4.78 is 0. The van der Waals surface area contributed by atoms with Crippen LogP contribution in [0.4, 0.5) is 11.5 Å². The van der Waals surface area contributed by atoms with Crippen molar-refractivity contribution in [2.24, 2.45) is 0 Å². The average Bonchev–Trinajstić information content (AvgIpc) is 2.44. The Labute approximate surface area is 120 Å². The van der Waals surface area contributed by atoms with Crippen LogP contribution in [0.5, 0.6) is 0 Å². The van der Waals surface area contributed by atoms with E-state index in [2.05, 4.69) is 29.0 Å². The SMILES string of the molecule is CCN(CC)CCCC(C)Nc1cccnc1[N+](=O)[O-]. The number of nitro groups is 1. The Morgan fingerprint density at radius 3 is 2.75 bits per heavy atom. The summed E-state index contributed by atoms with van der Waals surface area (Å²) in [6, 6.07) is 3.60. The van der Waals surface area contributed by atoms with E-state index >= 15 is 0 Å². The van der Waals surface area contributed by atoms with Crippen molar-refractivity contribution in [3.05, 3.63) is 28.4 Å². The first-order valence-corrected chi connectivity index (χ1v) is 7.16. The van der Waals surface area contributed by atoms with Crippen LogP contribution >= 0.6 is 0 Å². The third-order valence-corrected chi connectivity index (χ3v) is 3.37. The van der Waals surface area contributed by atoms with E-state index in [1.807, 2.05) is 6.92 Å². The second kappa shape index (κ2) is 8.47. The minimum atomic E-state index is -0.453. The Bertz CT molecular complexity index is 421. The van der Waals surface area contributed by atoms with Crippen LogP contribution in [0.2, 0.25) is 0 Å². The molecule has 0 saturated heterocycles. The Morgan fingerprint density at radius 1 is 1.45 bits per heavy atom. The maximum Gasteiger partial charge on any atom is 0.386 e. The van der Waals surface area contributed by atoms with E-state index in [0.717, 1.165) is 32.5 Å². The molecule has 1 rings (SSSR count). The summed E-state index contributed by atoms with van der Waals surface area (Å²) in [6.45, 7) is 9.54. The van der Waals surface area contributed by atoms with Gasteiger partial charge in [0.25, 0.3) is 0 Å². The van der Waals surface area contributed by atoms with Crippen LogP contribution in [0.25, 0.3) is 0 Å². The van der Waals surface area contributed by atoms with E-state index in [-0.39, 0.29) is 11.9 Å². The molecule has 1 atom stereocenters. The van der Waals surface area contributed by atoms with Crippen molar-refractivity contribution in [1.29, 1.82) is 0 Å². The van der Waals surface area contributed by atoms with Gasteiger partial charge in [0.15, 0.2) is 0 Å². The van der Waals surface area contributed by atoms with Crippen molar-refractivity contribution in [1.82, 2.24) is 9.88 Å². The highest BCUT2D eigenvalue weighted by molar-refractivity contribution is 5.56. The number of anilines is 1. The molecule has 6 heteroatoms. The number of nitrogens with one attached hydrogen (secondary N) is 1. The topological polar surface area (TPSA) is 71.3 Å². The lowest BCUT2D eigenvalue weighted by Gasteiger charge is -2.20. The maximum absolute atomic E-state index is 10.9. The molecular formula is C14H24N4O2. The largest absolute Gasteiger partial charge is 0.386 e. The molecular weight excluding hydrogens is 256 g/mol. The number of hydrogen-bond donors (Lipinski definition) is 1. The van der Waals surface area contributed by atoms with Gasteiger partial charge in [0, 0.05) is 6.04 Å². The van der Waals surface area contributed by atoms with E-state index in [9.17, 15) is 10.1 Å². The smallest absolute Gasteiger partial charge is 0.376 e. The zero-order valence-corrected chi connectivity index (χ0v) is 12.5. The van der Waals surface area contributed by atoms with Crippen molar-refractivity contribution in [2.75, 3.05) is 25.0 Å². The molecule has 1 aromatic heterocycles. The summed E-state index contributed by atoms with van der Waals surface area (Å²) in [5, 5.41) is 14.1. The van der Waals surface area contributed by atoms with Crippen LogP contribution in [-0.2, 0) is 0 Å². The van der Waals surface area contributed by atoms with Gasteiger partial charge in [-0.15, -0.1) is 0 Å². The molecule has 0 aromatic carbocycles. The summed E-state index contributed by atoms with van der Waals surface area (Å²) >= 11 is 0. The molecule has 6 nitrogen and oxygen atoms in total. The van der Waals surface area contributed by atoms with E-state index in [4.69, 9.17) is 0 Å². The highest BCUT2D eigenvalue weighted by Crippen LogP contribution is 2.21. The van der Waals surface area contributed by atoms with Crippen LogP contribution in [0.1, 0.15) is 33.6 Å². The summed E-state index contributed by atoms with van der Waals surface area (Å²) in [5.74, 6) is -0.108. The average molecular weight is 280 g/mol. The van der Waals surface area contributed by atoms with Crippen molar-refractivity contribution in [2.45, 2.75) is 39.7 Å². The molecule has 0 aliphatic rings. The van der Waals surface area contributed by atoms with E-state index < -0.39 is 4.92 Å². The van der Waals surface area contributed by atoms with E-state index in [1.54, 1.807) is 12.1 Å². The second-order valence-electron chi connectivity index (χ2n) is 4.85. The van der Waals surface area contributed by atoms with Crippen LogP contribution < -0.4 is 5.32 Å². The first-order valence-electron chi connectivity index (χ1n) is 7.16. The van der Waals surface area contributed by atoms with Gasteiger partial charge >= 0.3 is 5.82 Å². The zero-order chi connectivity index (χ0) is 15.0. The van der Waals surface area contributed by atoms with Crippen LogP contribution in [0, 0.1) is 10.1 Å². The molecule has 0 aliphatic heterocycles.